The third-order valence-corrected chi connectivity index (χ3v) is 4.44. The highest BCUT2D eigenvalue weighted by molar-refractivity contribution is 5.66. The Labute approximate surface area is 152 Å². The Bertz CT molecular complexity index is 628. The largest absolute Gasteiger partial charge is 0.462 e. The first-order valence-electron chi connectivity index (χ1n) is 8.84. The molecule has 3 heteroatoms. The maximum Gasteiger partial charge on any atom is 0.302 e. The first-order chi connectivity index (χ1) is 11.7. The van der Waals surface area contributed by atoms with Crippen LogP contribution in [0.5, 0.6) is 0 Å². The summed E-state index contributed by atoms with van der Waals surface area (Å²) in [6.07, 6.45) is 13.7. The van der Waals surface area contributed by atoms with Gasteiger partial charge in [-0.1, -0.05) is 67.0 Å². The molecule has 0 aromatic heterocycles. The lowest BCUT2D eigenvalue weighted by atomic mass is 9.71. The van der Waals surface area contributed by atoms with E-state index in [0.29, 0.717) is 0 Å². The first-order valence-corrected chi connectivity index (χ1v) is 8.84. The van der Waals surface area contributed by atoms with Crippen molar-refractivity contribution in [3.63, 3.8) is 0 Å². The Morgan fingerprint density at radius 2 is 1.92 bits per heavy atom. The average molecular weight is 344 g/mol. The molecular weight excluding hydrogens is 312 g/mol. The van der Waals surface area contributed by atoms with Gasteiger partial charge in [-0.15, -0.1) is 0 Å². The maximum atomic E-state index is 11.2. The van der Waals surface area contributed by atoms with E-state index in [-0.39, 0.29) is 24.1 Å². The van der Waals surface area contributed by atoms with Crippen LogP contribution < -0.4 is 0 Å². The van der Waals surface area contributed by atoms with Gasteiger partial charge in [0.1, 0.15) is 6.10 Å². The van der Waals surface area contributed by atoms with Crippen LogP contribution in [0.3, 0.4) is 0 Å². The number of ether oxygens (including phenoxy) is 1. The van der Waals surface area contributed by atoms with Crippen LogP contribution in [0.1, 0.15) is 54.4 Å². The molecule has 0 saturated carbocycles. The zero-order valence-corrected chi connectivity index (χ0v) is 16.4. The van der Waals surface area contributed by atoms with Crippen molar-refractivity contribution in [2.75, 3.05) is 6.61 Å². The fourth-order valence-electron chi connectivity index (χ4n) is 3.30. The molecule has 0 unspecified atom stereocenters. The van der Waals surface area contributed by atoms with Crippen LogP contribution in [0.4, 0.5) is 0 Å². The lowest BCUT2D eigenvalue weighted by molar-refractivity contribution is -0.147. The van der Waals surface area contributed by atoms with Crippen LogP contribution >= 0.6 is 0 Å². The van der Waals surface area contributed by atoms with E-state index in [4.69, 9.17) is 9.84 Å². The lowest BCUT2D eigenvalue weighted by Crippen LogP contribution is -2.31. The molecule has 1 N–H and O–H groups in total. The monoisotopic (exact) mass is 344 g/mol. The molecule has 0 aromatic carbocycles. The lowest BCUT2D eigenvalue weighted by Gasteiger charge is -2.37. The van der Waals surface area contributed by atoms with Gasteiger partial charge < -0.3 is 9.84 Å². The highest BCUT2D eigenvalue weighted by Crippen LogP contribution is 2.42. The van der Waals surface area contributed by atoms with Gasteiger partial charge in [0.25, 0.3) is 0 Å². The van der Waals surface area contributed by atoms with Crippen LogP contribution in [0, 0.1) is 5.41 Å². The number of carbonyl (C=O) groups is 1. The molecule has 3 nitrogen and oxygen atoms in total. The minimum Gasteiger partial charge on any atom is -0.462 e. The van der Waals surface area contributed by atoms with E-state index < -0.39 is 0 Å². The third kappa shape index (κ3) is 7.27. The minimum absolute atomic E-state index is 0.0183. The number of hydrogen-bond acceptors (Lipinski definition) is 3. The fourth-order valence-corrected chi connectivity index (χ4v) is 3.30. The van der Waals surface area contributed by atoms with Gasteiger partial charge in [0, 0.05) is 13.3 Å². The van der Waals surface area contributed by atoms with Gasteiger partial charge in [0.2, 0.25) is 0 Å². The van der Waals surface area contributed by atoms with Crippen molar-refractivity contribution in [1.82, 2.24) is 0 Å². The molecule has 1 aliphatic carbocycles. The molecule has 0 aromatic rings. The van der Waals surface area contributed by atoms with Gasteiger partial charge in [-0.05, 0) is 38.2 Å². The topological polar surface area (TPSA) is 46.5 Å². The van der Waals surface area contributed by atoms with Gasteiger partial charge in [0.05, 0.1) is 6.61 Å². The second-order valence-corrected chi connectivity index (χ2v) is 7.45. The smallest absolute Gasteiger partial charge is 0.302 e. The fraction of sp³-hybridized carbons (Fsp3) is 0.500. The summed E-state index contributed by atoms with van der Waals surface area (Å²) >= 11 is 0. The Morgan fingerprint density at radius 3 is 2.48 bits per heavy atom. The highest BCUT2D eigenvalue weighted by Gasteiger charge is 2.33. The summed E-state index contributed by atoms with van der Waals surface area (Å²) < 4.78 is 5.43. The van der Waals surface area contributed by atoms with Crippen molar-refractivity contribution < 1.29 is 14.6 Å². The van der Waals surface area contributed by atoms with E-state index in [0.717, 1.165) is 24.0 Å². The number of allylic oxidation sites excluding steroid dienone is 8. The molecule has 138 valence electrons. The molecule has 0 fully saturated rings. The molecular formula is C22H32O3. The summed E-state index contributed by atoms with van der Waals surface area (Å²) in [4.78, 5) is 11.2. The molecule has 0 aliphatic heterocycles. The molecule has 1 atom stereocenters. The second-order valence-electron chi connectivity index (χ2n) is 7.45. The van der Waals surface area contributed by atoms with Crippen molar-refractivity contribution >= 4 is 5.97 Å². The van der Waals surface area contributed by atoms with Crippen LogP contribution in [-0.2, 0) is 9.53 Å². The number of aliphatic hydroxyl groups excluding tert-OH is 1. The van der Waals surface area contributed by atoms with Crippen molar-refractivity contribution in [3.8, 4) is 0 Å². The summed E-state index contributed by atoms with van der Waals surface area (Å²) in [5.41, 5.74) is 4.79. The molecule has 0 radical (unpaired) electrons. The second kappa shape index (κ2) is 9.57. The quantitative estimate of drug-likeness (QED) is 0.541. The van der Waals surface area contributed by atoms with E-state index >= 15 is 0 Å². The van der Waals surface area contributed by atoms with E-state index in [1.807, 2.05) is 19.1 Å². The van der Waals surface area contributed by atoms with Gasteiger partial charge in [-0.3, -0.25) is 4.79 Å². The number of esters is 1. The zero-order valence-electron chi connectivity index (χ0n) is 16.4. The summed E-state index contributed by atoms with van der Waals surface area (Å²) in [6.45, 7) is 12.1. The third-order valence-electron chi connectivity index (χ3n) is 4.44. The van der Waals surface area contributed by atoms with Crippen LogP contribution in [0.15, 0.2) is 58.7 Å². The van der Waals surface area contributed by atoms with Gasteiger partial charge in [0.15, 0.2) is 0 Å². The van der Waals surface area contributed by atoms with E-state index in [9.17, 15) is 4.79 Å². The number of carbonyl (C=O) groups excluding carboxylic acids is 1. The SMILES string of the molecule is CC(=O)O[C@@H]1CC(C)=C(C=CC(C)=CC=CC(C)=CCO)C(C)(C)C1. The molecule has 1 rings (SSSR count). The standard InChI is InChI=1S/C22H32O3/c1-16(8-7-9-17(2)12-13-23)10-11-21-18(3)14-20(25-19(4)24)15-22(21,5)6/h7-12,20,23H,13-15H2,1-6H3/t20-/m1/s1. The van der Waals surface area contributed by atoms with Crippen molar-refractivity contribution in [3.05, 3.63) is 58.7 Å². The van der Waals surface area contributed by atoms with Gasteiger partial charge >= 0.3 is 5.97 Å². The van der Waals surface area contributed by atoms with Crippen LogP contribution in [-0.4, -0.2) is 23.8 Å². The molecule has 0 amide bonds. The van der Waals surface area contributed by atoms with E-state index in [1.165, 1.54) is 18.1 Å². The summed E-state index contributed by atoms with van der Waals surface area (Å²) in [7, 11) is 0. The summed E-state index contributed by atoms with van der Waals surface area (Å²) in [5, 5.41) is 8.84. The molecule has 0 bridgehead atoms. The molecule has 0 saturated heterocycles. The minimum atomic E-state index is -0.205. The molecule has 0 heterocycles. The van der Waals surface area contributed by atoms with Crippen molar-refractivity contribution in [2.24, 2.45) is 5.41 Å². The number of aliphatic hydroxyl groups is 1. The molecule has 1 aliphatic rings. The van der Waals surface area contributed by atoms with E-state index in [1.54, 1.807) is 6.08 Å². The summed E-state index contributed by atoms with van der Waals surface area (Å²) in [6, 6.07) is 0. The Kier molecular flexibility index (Phi) is 8.11. The van der Waals surface area contributed by atoms with Crippen molar-refractivity contribution in [1.29, 1.82) is 0 Å². The maximum absolute atomic E-state index is 11.2. The first kappa shape index (κ1) is 21.2. The van der Waals surface area contributed by atoms with Crippen molar-refractivity contribution in [2.45, 2.75) is 60.5 Å². The predicted octanol–water partition coefficient (Wildman–Crippen LogP) is 5.05. The van der Waals surface area contributed by atoms with Gasteiger partial charge in [-0.2, -0.15) is 0 Å². The summed E-state index contributed by atoms with van der Waals surface area (Å²) in [5.74, 6) is -0.205. The number of hydrogen-bond donors (Lipinski definition) is 1. The Hall–Kier alpha value is -1.87. The predicted molar refractivity (Wildman–Crippen MR) is 104 cm³/mol. The van der Waals surface area contributed by atoms with Crippen LogP contribution in [0.25, 0.3) is 0 Å². The highest BCUT2D eigenvalue weighted by atomic mass is 16.5. The zero-order chi connectivity index (χ0) is 19.0. The molecule has 25 heavy (non-hydrogen) atoms. The van der Waals surface area contributed by atoms with E-state index in [2.05, 4.69) is 45.9 Å². The van der Waals surface area contributed by atoms with Crippen LogP contribution in [0.2, 0.25) is 0 Å². The Morgan fingerprint density at radius 1 is 1.24 bits per heavy atom. The average Bonchev–Trinajstić information content (AvgIpc) is 2.44. The number of rotatable bonds is 6. The Balaban J connectivity index is 2.87. The molecule has 0 spiro atoms. The normalized spacial score (nSPS) is 22.1. The van der Waals surface area contributed by atoms with Gasteiger partial charge in [-0.25, -0.2) is 0 Å².